The summed E-state index contributed by atoms with van der Waals surface area (Å²) in [5.74, 6) is -0.958. The van der Waals surface area contributed by atoms with Crippen molar-refractivity contribution in [2.75, 3.05) is 0 Å². The van der Waals surface area contributed by atoms with Crippen molar-refractivity contribution in [1.29, 1.82) is 0 Å². The van der Waals surface area contributed by atoms with Gasteiger partial charge in [0.2, 0.25) is 0 Å². The van der Waals surface area contributed by atoms with Crippen molar-refractivity contribution in [2.24, 2.45) is 0 Å². The molecule has 0 fully saturated rings. The minimum Gasteiger partial charge on any atom is -0.480 e. The van der Waals surface area contributed by atoms with E-state index in [0.29, 0.717) is 10.7 Å². The maximum atomic E-state index is 10.6. The van der Waals surface area contributed by atoms with E-state index in [1.54, 1.807) is 10.9 Å². The molecule has 0 atom stereocenters. The fourth-order valence-corrected chi connectivity index (χ4v) is 1.73. The zero-order valence-electron chi connectivity index (χ0n) is 9.17. The number of aromatic nitrogens is 4. The van der Waals surface area contributed by atoms with Crippen molar-refractivity contribution in [3.05, 3.63) is 23.6 Å². The molecule has 17 heavy (non-hydrogen) atoms. The highest BCUT2D eigenvalue weighted by Crippen LogP contribution is 2.25. The molecule has 2 heterocycles. The third-order valence-electron chi connectivity index (χ3n) is 2.24. The van der Waals surface area contributed by atoms with Gasteiger partial charge < -0.3 is 5.11 Å². The molecule has 0 unspecified atom stereocenters. The largest absolute Gasteiger partial charge is 0.480 e. The molecule has 7 heteroatoms. The minimum atomic E-state index is -0.958. The minimum absolute atomic E-state index is 0.207. The van der Waals surface area contributed by atoms with Crippen LogP contribution in [0.2, 0.25) is 5.02 Å². The molecule has 2 aromatic heterocycles. The Morgan fingerprint density at radius 3 is 2.82 bits per heavy atom. The first-order valence-electron chi connectivity index (χ1n) is 5.07. The van der Waals surface area contributed by atoms with E-state index in [1.165, 1.54) is 10.9 Å². The molecule has 0 aliphatic rings. The van der Waals surface area contributed by atoms with Crippen LogP contribution in [0.3, 0.4) is 0 Å². The van der Waals surface area contributed by atoms with Gasteiger partial charge in [-0.15, -0.1) is 0 Å². The Kier molecular flexibility index (Phi) is 3.14. The molecule has 0 aliphatic carbocycles. The summed E-state index contributed by atoms with van der Waals surface area (Å²) < 4.78 is 3.05. The van der Waals surface area contributed by atoms with Gasteiger partial charge in [-0.25, -0.2) is 0 Å². The molecular weight excluding hydrogens is 244 g/mol. The lowest BCUT2D eigenvalue weighted by Gasteiger charge is -1.94. The molecule has 1 N–H and O–H groups in total. The van der Waals surface area contributed by atoms with Gasteiger partial charge in [0, 0.05) is 24.5 Å². The van der Waals surface area contributed by atoms with E-state index >= 15 is 0 Å². The first kappa shape index (κ1) is 11.7. The van der Waals surface area contributed by atoms with Crippen LogP contribution < -0.4 is 0 Å². The molecule has 90 valence electrons. The lowest BCUT2D eigenvalue weighted by Crippen LogP contribution is -2.08. The Bertz CT molecular complexity index is 546. The van der Waals surface area contributed by atoms with E-state index in [1.807, 2.05) is 13.1 Å². The quantitative estimate of drug-likeness (QED) is 0.898. The van der Waals surface area contributed by atoms with E-state index in [4.69, 9.17) is 16.7 Å². The van der Waals surface area contributed by atoms with Gasteiger partial charge in [-0.2, -0.15) is 10.2 Å². The summed E-state index contributed by atoms with van der Waals surface area (Å²) >= 11 is 6.00. The zero-order chi connectivity index (χ0) is 12.4. The number of rotatable bonds is 4. The van der Waals surface area contributed by atoms with Crippen LogP contribution in [0.1, 0.15) is 6.92 Å². The number of hydrogen-bond donors (Lipinski definition) is 1. The van der Waals surface area contributed by atoms with Crippen LogP contribution in [0.4, 0.5) is 0 Å². The van der Waals surface area contributed by atoms with Gasteiger partial charge in [-0.3, -0.25) is 14.2 Å². The number of aryl methyl sites for hydroxylation is 1. The highest BCUT2D eigenvalue weighted by atomic mass is 35.5. The Hall–Kier alpha value is -1.82. The number of carboxylic acid groups (broad SMARTS) is 1. The third kappa shape index (κ3) is 2.47. The molecule has 0 spiro atoms. The summed E-state index contributed by atoms with van der Waals surface area (Å²) in [6, 6.07) is 0. The number of carboxylic acids is 1. The topological polar surface area (TPSA) is 72.9 Å². The molecule has 0 amide bonds. The second-order valence-corrected chi connectivity index (χ2v) is 3.91. The van der Waals surface area contributed by atoms with Gasteiger partial charge in [0.1, 0.15) is 12.2 Å². The van der Waals surface area contributed by atoms with E-state index in [-0.39, 0.29) is 6.54 Å². The van der Waals surface area contributed by atoms with Crippen molar-refractivity contribution < 1.29 is 9.90 Å². The Morgan fingerprint density at radius 2 is 2.24 bits per heavy atom. The smallest absolute Gasteiger partial charge is 0.325 e. The summed E-state index contributed by atoms with van der Waals surface area (Å²) in [5, 5.41) is 17.3. The summed E-state index contributed by atoms with van der Waals surface area (Å²) in [6.07, 6.45) is 4.97. The lowest BCUT2D eigenvalue weighted by molar-refractivity contribution is -0.137. The summed E-state index contributed by atoms with van der Waals surface area (Å²) in [7, 11) is 0. The second-order valence-electron chi connectivity index (χ2n) is 3.50. The fourth-order valence-electron chi connectivity index (χ4n) is 1.47. The van der Waals surface area contributed by atoms with Crippen LogP contribution in [0, 0.1) is 0 Å². The van der Waals surface area contributed by atoms with Crippen LogP contribution in [-0.2, 0) is 17.9 Å². The van der Waals surface area contributed by atoms with Crippen LogP contribution in [0.5, 0.6) is 0 Å². The van der Waals surface area contributed by atoms with Crippen molar-refractivity contribution in [1.82, 2.24) is 19.6 Å². The predicted molar refractivity (Wildman–Crippen MR) is 61.8 cm³/mol. The average Bonchev–Trinajstić information content (AvgIpc) is 2.83. The number of carbonyl (C=O) groups is 1. The molecule has 6 nitrogen and oxygen atoms in total. The monoisotopic (exact) mass is 254 g/mol. The van der Waals surface area contributed by atoms with Gasteiger partial charge in [0.25, 0.3) is 0 Å². The summed E-state index contributed by atoms with van der Waals surface area (Å²) in [4.78, 5) is 10.6. The lowest BCUT2D eigenvalue weighted by atomic mass is 10.3. The van der Waals surface area contributed by atoms with Crippen LogP contribution in [-0.4, -0.2) is 30.6 Å². The number of aliphatic carboxylic acids is 1. The maximum absolute atomic E-state index is 10.6. The molecular formula is C10H11ClN4O2. The molecule has 2 rings (SSSR count). The normalized spacial score (nSPS) is 10.7. The Balaban J connectivity index is 2.32. The summed E-state index contributed by atoms with van der Waals surface area (Å²) in [5.41, 5.74) is 1.33. The Morgan fingerprint density at radius 1 is 1.47 bits per heavy atom. The molecule has 0 saturated carbocycles. The molecule has 2 aromatic rings. The average molecular weight is 255 g/mol. The van der Waals surface area contributed by atoms with Gasteiger partial charge in [-0.05, 0) is 6.92 Å². The van der Waals surface area contributed by atoms with Gasteiger partial charge in [0.15, 0.2) is 0 Å². The van der Waals surface area contributed by atoms with Gasteiger partial charge >= 0.3 is 5.97 Å². The highest BCUT2D eigenvalue weighted by molar-refractivity contribution is 6.32. The number of halogens is 1. The van der Waals surface area contributed by atoms with E-state index < -0.39 is 5.97 Å². The van der Waals surface area contributed by atoms with E-state index in [2.05, 4.69) is 10.2 Å². The van der Waals surface area contributed by atoms with Gasteiger partial charge in [0.05, 0.1) is 11.2 Å². The second kappa shape index (κ2) is 4.58. The molecule has 0 saturated heterocycles. The third-order valence-corrected chi connectivity index (χ3v) is 2.52. The molecule has 0 radical (unpaired) electrons. The van der Waals surface area contributed by atoms with E-state index in [0.717, 1.165) is 12.1 Å². The first-order valence-corrected chi connectivity index (χ1v) is 5.45. The van der Waals surface area contributed by atoms with Crippen molar-refractivity contribution in [3.63, 3.8) is 0 Å². The highest BCUT2D eigenvalue weighted by Gasteiger charge is 2.12. The van der Waals surface area contributed by atoms with Crippen molar-refractivity contribution in [2.45, 2.75) is 20.0 Å². The number of nitrogens with zero attached hydrogens (tertiary/aromatic N) is 4. The fraction of sp³-hybridized carbons (Fsp3) is 0.300. The zero-order valence-corrected chi connectivity index (χ0v) is 9.92. The standard InChI is InChI=1S/C10H11ClN4O2/c1-2-14-4-7(3-12-14)10-8(11)5-15(13-10)6-9(16)17/h3-5H,2,6H2,1H3,(H,16,17). The maximum Gasteiger partial charge on any atom is 0.325 e. The van der Waals surface area contributed by atoms with Crippen molar-refractivity contribution >= 4 is 17.6 Å². The van der Waals surface area contributed by atoms with Crippen molar-refractivity contribution in [3.8, 4) is 11.3 Å². The van der Waals surface area contributed by atoms with E-state index in [9.17, 15) is 4.79 Å². The van der Waals surface area contributed by atoms with Crippen LogP contribution in [0.15, 0.2) is 18.6 Å². The molecule has 0 aliphatic heterocycles. The first-order chi connectivity index (χ1) is 8.10. The van der Waals surface area contributed by atoms with Crippen LogP contribution >= 0.6 is 11.6 Å². The Labute approximate surface area is 102 Å². The predicted octanol–water partition coefficient (Wildman–Crippen LogP) is 1.50. The van der Waals surface area contributed by atoms with Crippen LogP contribution in [0.25, 0.3) is 11.3 Å². The number of hydrogen-bond acceptors (Lipinski definition) is 3. The SMILES string of the molecule is CCn1cc(-c2nn(CC(=O)O)cc2Cl)cn1. The van der Waals surface area contributed by atoms with Gasteiger partial charge in [-0.1, -0.05) is 11.6 Å². The molecule has 0 bridgehead atoms. The molecule has 0 aromatic carbocycles. The summed E-state index contributed by atoms with van der Waals surface area (Å²) in [6.45, 7) is 2.52.